The van der Waals surface area contributed by atoms with E-state index in [4.69, 9.17) is 16.3 Å². The van der Waals surface area contributed by atoms with Gasteiger partial charge in [-0.2, -0.15) is 0 Å². The molecule has 29 heavy (non-hydrogen) atoms. The summed E-state index contributed by atoms with van der Waals surface area (Å²) in [6.07, 6.45) is 0. The largest absolute Gasteiger partial charge is 0.463 e. The van der Waals surface area contributed by atoms with E-state index in [2.05, 4.69) is 16.0 Å². The van der Waals surface area contributed by atoms with Crippen molar-refractivity contribution in [1.82, 2.24) is 16.0 Å². The summed E-state index contributed by atoms with van der Waals surface area (Å²) in [6.45, 7) is 4.31. The van der Waals surface area contributed by atoms with Gasteiger partial charge in [0.05, 0.1) is 18.2 Å². The molecule has 0 bridgehead atoms. The van der Waals surface area contributed by atoms with Crippen LogP contribution in [0.2, 0.25) is 5.02 Å². The molecule has 0 aromatic heterocycles. The Bertz CT molecular complexity index is 897. The summed E-state index contributed by atoms with van der Waals surface area (Å²) >= 11 is 5.96. The molecule has 7 heteroatoms. The number of urea groups is 1. The van der Waals surface area contributed by atoms with Crippen molar-refractivity contribution in [2.75, 3.05) is 13.2 Å². The molecule has 3 rings (SSSR count). The molecule has 2 amide bonds. The third kappa shape index (κ3) is 5.16. The Morgan fingerprint density at radius 2 is 1.86 bits per heavy atom. The van der Waals surface area contributed by atoms with E-state index in [9.17, 15) is 9.59 Å². The molecule has 1 aliphatic heterocycles. The zero-order valence-electron chi connectivity index (χ0n) is 16.4. The maximum Gasteiger partial charge on any atom is 0.338 e. The van der Waals surface area contributed by atoms with Crippen molar-refractivity contribution in [2.45, 2.75) is 25.9 Å². The third-order valence-electron chi connectivity index (χ3n) is 4.74. The molecule has 2 aromatic carbocycles. The second kappa shape index (κ2) is 9.58. The summed E-state index contributed by atoms with van der Waals surface area (Å²) in [4.78, 5) is 25.0. The molecule has 6 nitrogen and oxygen atoms in total. The highest BCUT2D eigenvalue weighted by Crippen LogP contribution is 2.28. The van der Waals surface area contributed by atoms with Gasteiger partial charge in [0.1, 0.15) is 0 Å². The highest BCUT2D eigenvalue weighted by molar-refractivity contribution is 6.30. The first-order valence-electron chi connectivity index (χ1n) is 9.51. The summed E-state index contributed by atoms with van der Waals surface area (Å²) < 4.78 is 5.27. The van der Waals surface area contributed by atoms with E-state index in [0.717, 1.165) is 11.1 Å². The number of hydrogen-bond acceptors (Lipinski definition) is 4. The number of nitrogens with one attached hydrogen (secondary N) is 3. The Hall–Kier alpha value is -2.83. The van der Waals surface area contributed by atoms with E-state index in [1.165, 1.54) is 0 Å². The van der Waals surface area contributed by atoms with Gasteiger partial charge in [-0.1, -0.05) is 54.1 Å². The Kier molecular flexibility index (Phi) is 6.90. The van der Waals surface area contributed by atoms with Crippen LogP contribution in [0.1, 0.15) is 37.1 Å². The first kappa shape index (κ1) is 20.9. The molecule has 0 aliphatic carbocycles. The van der Waals surface area contributed by atoms with Crippen LogP contribution in [-0.2, 0) is 9.53 Å². The van der Waals surface area contributed by atoms with Crippen LogP contribution in [0.25, 0.3) is 0 Å². The number of benzene rings is 2. The summed E-state index contributed by atoms with van der Waals surface area (Å²) in [5.41, 5.74) is 2.76. The molecular weight excluding hydrogens is 390 g/mol. The van der Waals surface area contributed by atoms with Crippen LogP contribution in [0.4, 0.5) is 4.79 Å². The molecule has 0 saturated heterocycles. The predicted molar refractivity (Wildman–Crippen MR) is 112 cm³/mol. The Morgan fingerprint density at radius 1 is 1.17 bits per heavy atom. The fraction of sp³-hybridized carbons (Fsp3) is 0.273. The molecular formula is C22H24ClN3O3. The van der Waals surface area contributed by atoms with Crippen molar-refractivity contribution in [3.63, 3.8) is 0 Å². The standard InChI is InChI=1S/C22H24ClN3O3/c1-3-29-21(27)19-18(13-24-14(2)15-9-11-17(23)12-10-15)25-22(28)26-20(19)16-7-5-4-6-8-16/h4-12,14,20,24H,3,13H2,1-2H3,(H2,25,26,28)/t14-,20-/m0/s1. The van der Waals surface area contributed by atoms with Crippen LogP contribution in [0, 0.1) is 0 Å². The van der Waals surface area contributed by atoms with E-state index >= 15 is 0 Å². The van der Waals surface area contributed by atoms with Gasteiger partial charge in [0.15, 0.2) is 0 Å². The number of rotatable bonds is 7. The predicted octanol–water partition coefficient (Wildman–Crippen LogP) is 3.86. The third-order valence-corrected chi connectivity index (χ3v) is 4.99. The fourth-order valence-corrected chi connectivity index (χ4v) is 3.35. The lowest BCUT2D eigenvalue weighted by Gasteiger charge is -2.30. The van der Waals surface area contributed by atoms with Crippen LogP contribution < -0.4 is 16.0 Å². The van der Waals surface area contributed by atoms with Crippen molar-refractivity contribution in [1.29, 1.82) is 0 Å². The monoisotopic (exact) mass is 413 g/mol. The maximum atomic E-state index is 12.7. The molecule has 1 heterocycles. The van der Waals surface area contributed by atoms with E-state index in [-0.39, 0.29) is 18.7 Å². The van der Waals surface area contributed by atoms with E-state index in [1.807, 2.05) is 61.5 Å². The minimum absolute atomic E-state index is 0.00910. The number of halogens is 1. The first-order chi connectivity index (χ1) is 14.0. The van der Waals surface area contributed by atoms with Crippen LogP contribution in [0.15, 0.2) is 65.9 Å². The SMILES string of the molecule is CCOC(=O)C1=C(CN[C@@H](C)c2ccc(Cl)cc2)NC(=O)N[C@H]1c1ccccc1. The van der Waals surface area contributed by atoms with Gasteiger partial charge in [0.2, 0.25) is 0 Å². The average Bonchev–Trinajstić information content (AvgIpc) is 2.72. The van der Waals surface area contributed by atoms with Crippen LogP contribution in [-0.4, -0.2) is 25.2 Å². The van der Waals surface area contributed by atoms with Crippen LogP contribution >= 0.6 is 11.6 Å². The number of hydrogen-bond donors (Lipinski definition) is 3. The Labute approximate surface area is 175 Å². The van der Waals surface area contributed by atoms with E-state index < -0.39 is 12.0 Å². The number of carbonyl (C=O) groups excluding carboxylic acids is 2. The molecule has 0 unspecified atom stereocenters. The molecule has 2 atom stereocenters. The van der Waals surface area contributed by atoms with Crippen molar-refractivity contribution >= 4 is 23.6 Å². The van der Waals surface area contributed by atoms with Gasteiger partial charge >= 0.3 is 12.0 Å². The quantitative estimate of drug-likeness (QED) is 0.602. The number of amides is 2. The number of carbonyl (C=O) groups is 2. The molecule has 0 radical (unpaired) electrons. The molecule has 152 valence electrons. The van der Waals surface area contributed by atoms with Crippen molar-refractivity contribution in [3.8, 4) is 0 Å². The van der Waals surface area contributed by atoms with Gasteiger partial charge in [-0.3, -0.25) is 0 Å². The molecule has 2 aromatic rings. The van der Waals surface area contributed by atoms with E-state index in [1.54, 1.807) is 6.92 Å². The lowest BCUT2D eigenvalue weighted by molar-refractivity contribution is -0.139. The van der Waals surface area contributed by atoms with Crippen LogP contribution in [0.5, 0.6) is 0 Å². The summed E-state index contributed by atoms with van der Waals surface area (Å²) in [5.74, 6) is -0.454. The molecule has 0 fully saturated rings. The second-order valence-corrected chi connectivity index (χ2v) is 7.15. The highest BCUT2D eigenvalue weighted by atomic mass is 35.5. The van der Waals surface area contributed by atoms with Gasteiger partial charge in [-0.25, -0.2) is 9.59 Å². The molecule has 0 spiro atoms. The molecule has 0 saturated carbocycles. The molecule has 1 aliphatic rings. The van der Waals surface area contributed by atoms with Gasteiger partial charge < -0.3 is 20.7 Å². The number of esters is 1. The average molecular weight is 414 g/mol. The number of ether oxygens (including phenoxy) is 1. The second-order valence-electron chi connectivity index (χ2n) is 6.71. The minimum Gasteiger partial charge on any atom is -0.463 e. The summed E-state index contributed by atoms with van der Waals surface area (Å²) in [7, 11) is 0. The summed E-state index contributed by atoms with van der Waals surface area (Å²) in [6, 6.07) is 16.0. The van der Waals surface area contributed by atoms with Gasteiger partial charge in [0, 0.05) is 23.3 Å². The smallest absolute Gasteiger partial charge is 0.338 e. The van der Waals surface area contributed by atoms with Gasteiger partial charge in [0.25, 0.3) is 0 Å². The Morgan fingerprint density at radius 3 is 2.52 bits per heavy atom. The topological polar surface area (TPSA) is 79.5 Å². The lowest BCUT2D eigenvalue weighted by Crippen LogP contribution is -2.48. The first-order valence-corrected chi connectivity index (χ1v) is 9.88. The van der Waals surface area contributed by atoms with Crippen molar-refractivity contribution in [3.05, 3.63) is 82.0 Å². The van der Waals surface area contributed by atoms with Gasteiger partial charge in [-0.05, 0) is 37.1 Å². The summed E-state index contributed by atoms with van der Waals surface area (Å²) in [5, 5.41) is 9.62. The lowest BCUT2D eigenvalue weighted by atomic mass is 9.95. The zero-order chi connectivity index (χ0) is 20.8. The van der Waals surface area contributed by atoms with Crippen LogP contribution in [0.3, 0.4) is 0 Å². The molecule has 3 N–H and O–H groups in total. The zero-order valence-corrected chi connectivity index (χ0v) is 17.1. The minimum atomic E-state index is -0.577. The van der Waals surface area contributed by atoms with Crippen molar-refractivity contribution in [2.24, 2.45) is 0 Å². The van der Waals surface area contributed by atoms with Crippen molar-refractivity contribution < 1.29 is 14.3 Å². The fourth-order valence-electron chi connectivity index (χ4n) is 3.23. The Balaban J connectivity index is 1.88. The van der Waals surface area contributed by atoms with E-state index in [0.29, 0.717) is 22.8 Å². The highest BCUT2D eigenvalue weighted by Gasteiger charge is 2.33. The normalized spacial score (nSPS) is 17.3. The maximum absolute atomic E-state index is 12.7. The van der Waals surface area contributed by atoms with Gasteiger partial charge in [-0.15, -0.1) is 0 Å².